The molecule has 0 unspecified atom stereocenters. The molecule has 0 radical (unpaired) electrons. The van der Waals surface area contributed by atoms with E-state index < -0.39 is 60.6 Å². The summed E-state index contributed by atoms with van der Waals surface area (Å²) >= 11 is 0. The minimum atomic E-state index is -1.71. The van der Waals surface area contributed by atoms with Crippen molar-refractivity contribution in [2.45, 2.75) is 175 Å². The Hall–Kier alpha value is -1.92. The fraction of sp³-hybridized carbons (Fsp3) is 0.800. The number of carbonyl (C=O) groups is 2. The Morgan fingerprint density at radius 3 is 2.40 bits per heavy atom. The van der Waals surface area contributed by atoms with E-state index in [0.29, 0.717) is 25.7 Å². The van der Waals surface area contributed by atoms with E-state index in [4.69, 9.17) is 18.9 Å². The Balaban J connectivity index is 1.88. The highest BCUT2D eigenvalue weighted by molar-refractivity contribution is 5.80. The van der Waals surface area contributed by atoms with E-state index >= 15 is 0 Å². The Kier molecular flexibility index (Phi) is 16.4. The molecule has 0 aliphatic carbocycles. The second kappa shape index (κ2) is 19.2. The van der Waals surface area contributed by atoms with Crippen molar-refractivity contribution in [2.24, 2.45) is 29.6 Å². The number of ketones is 1. The van der Waals surface area contributed by atoms with Crippen LogP contribution in [0.15, 0.2) is 35.5 Å². The Morgan fingerprint density at radius 1 is 1.06 bits per heavy atom. The molecular weight excluding hydrogens is 640 g/mol. The second-order valence-corrected chi connectivity index (χ2v) is 15.7. The Morgan fingerprint density at radius 2 is 1.74 bits per heavy atom. The van der Waals surface area contributed by atoms with Gasteiger partial charge in [-0.1, -0.05) is 65.8 Å². The minimum Gasteiger partial charge on any atom is -0.462 e. The van der Waals surface area contributed by atoms with Crippen LogP contribution in [0.5, 0.6) is 0 Å². The van der Waals surface area contributed by atoms with Crippen LogP contribution in [0.4, 0.5) is 0 Å². The summed E-state index contributed by atoms with van der Waals surface area (Å²) in [6.45, 7) is 17.3. The van der Waals surface area contributed by atoms with Crippen molar-refractivity contribution in [3.63, 3.8) is 0 Å². The van der Waals surface area contributed by atoms with Crippen molar-refractivity contribution in [3.05, 3.63) is 35.5 Å². The van der Waals surface area contributed by atoms with Crippen molar-refractivity contribution in [1.29, 1.82) is 0 Å². The zero-order chi connectivity index (χ0) is 37.3. The lowest BCUT2D eigenvalue weighted by atomic mass is 9.79. The van der Waals surface area contributed by atoms with Crippen LogP contribution in [0.1, 0.15) is 120 Å². The molecule has 1 fully saturated rings. The number of aliphatic hydroxyl groups excluding tert-OH is 3. The maximum atomic E-state index is 13.6. The SMILES string of the molecule is CCC(=O)[C@@H](C)[C@@H](O)[C@H](C)C[C@@H](C)[C@H]1OC(=O)C[C@@]2(O)CC=C(C)[C@H](O2)/C(C)=C\CCC[C@@H](O[C@H]2C[C@@H](O)[C@H](O)[C@@H](C)O2)/C=C/[C@H](C)C[C@H]1C. The van der Waals surface area contributed by atoms with Crippen molar-refractivity contribution in [2.75, 3.05) is 0 Å². The fourth-order valence-electron chi connectivity index (χ4n) is 7.82. The number of fused-ring (bicyclic) bond motifs is 2. The third kappa shape index (κ3) is 12.1. The molecule has 10 nitrogen and oxygen atoms in total. The Bertz CT molecular complexity index is 1180. The molecule has 10 heteroatoms. The lowest BCUT2D eigenvalue weighted by Crippen LogP contribution is -2.48. The number of hydrogen-bond acceptors (Lipinski definition) is 10. The molecule has 14 atom stereocenters. The van der Waals surface area contributed by atoms with Crippen molar-refractivity contribution < 1.29 is 49.0 Å². The van der Waals surface area contributed by atoms with E-state index in [2.05, 4.69) is 32.1 Å². The summed E-state index contributed by atoms with van der Waals surface area (Å²) in [6, 6.07) is 0. The van der Waals surface area contributed by atoms with Gasteiger partial charge in [-0.25, -0.2) is 0 Å². The maximum Gasteiger partial charge on any atom is 0.311 e. The highest BCUT2D eigenvalue weighted by Crippen LogP contribution is 2.35. The van der Waals surface area contributed by atoms with Crippen LogP contribution in [-0.2, 0) is 28.5 Å². The number of ether oxygens (including phenoxy) is 4. The molecule has 3 aliphatic heterocycles. The van der Waals surface area contributed by atoms with Gasteiger partial charge in [0.15, 0.2) is 12.1 Å². The van der Waals surface area contributed by atoms with Crippen molar-refractivity contribution in [3.8, 4) is 0 Å². The molecule has 0 spiro atoms. The molecule has 286 valence electrons. The summed E-state index contributed by atoms with van der Waals surface area (Å²) in [7, 11) is 0. The molecule has 2 bridgehead atoms. The largest absolute Gasteiger partial charge is 0.462 e. The number of allylic oxidation sites excluding steroid dienone is 2. The molecule has 3 rings (SSSR count). The summed E-state index contributed by atoms with van der Waals surface area (Å²) < 4.78 is 24.7. The second-order valence-electron chi connectivity index (χ2n) is 15.7. The minimum absolute atomic E-state index is 0.0163. The average molecular weight is 707 g/mol. The first kappa shape index (κ1) is 42.5. The third-order valence-corrected chi connectivity index (χ3v) is 11.0. The van der Waals surface area contributed by atoms with Crippen molar-refractivity contribution >= 4 is 11.8 Å². The summed E-state index contributed by atoms with van der Waals surface area (Å²) in [5.41, 5.74) is 1.91. The van der Waals surface area contributed by atoms with Gasteiger partial charge in [0.25, 0.3) is 0 Å². The van der Waals surface area contributed by atoms with Gasteiger partial charge in [0.2, 0.25) is 0 Å². The molecule has 0 aromatic rings. The number of aliphatic hydroxyl groups is 4. The topological polar surface area (TPSA) is 152 Å². The summed E-state index contributed by atoms with van der Waals surface area (Å²) in [5.74, 6) is -3.05. The lowest BCUT2D eigenvalue weighted by Gasteiger charge is -2.38. The van der Waals surface area contributed by atoms with Crippen LogP contribution in [0.3, 0.4) is 0 Å². The summed E-state index contributed by atoms with van der Waals surface area (Å²) in [5, 5.41) is 43.0. The van der Waals surface area contributed by atoms with Gasteiger partial charge in [0.05, 0.1) is 30.8 Å². The maximum absolute atomic E-state index is 13.6. The monoisotopic (exact) mass is 706 g/mol. The molecule has 0 amide bonds. The number of hydrogen-bond donors (Lipinski definition) is 4. The normalized spacial score (nSPS) is 39.3. The number of carbonyl (C=O) groups excluding carboxylic acids is 2. The molecule has 0 aromatic carbocycles. The number of cyclic esters (lactones) is 1. The highest BCUT2D eigenvalue weighted by atomic mass is 16.7. The van der Waals surface area contributed by atoms with Gasteiger partial charge in [0, 0.05) is 25.2 Å². The van der Waals surface area contributed by atoms with E-state index in [0.717, 1.165) is 24.0 Å². The average Bonchev–Trinajstić information content (AvgIpc) is 3.05. The van der Waals surface area contributed by atoms with Gasteiger partial charge in [-0.2, -0.15) is 0 Å². The van der Waals surface area contributed by atoms with Gasteiger partial charge >= 0.3 is 5.97 Å². The summed E-state index contributed by atoms with van der Waals surface area (Å²) in [6.07, 6.45) is 6.93. The highest BCUT2D eigenvalue weighted by Gasteiger charge is 2.40. The number of esters is 1. The third-order valence-electron chi connectivity index (χ3n) is 11.0. The van der Waals surface area contributed by atoms with E-state index in [1.54, 1.807) is 20.8 Å². The van der Waals surface area contributed by atoms with Crippen molar-refractivity contribution in [1.82, 2.24) is 0 Å². The van der Waals surface area contributed by atoms with Crippen LogP contribution in [0.2, 0.25) is 0 Å². The molecule has 4 N–H and O–H groups in total. The fourth-order valence-corrected chi connectivity index (χ4v) is 7.82. The summed E-state index contributed by atoms with van der Waals surface area (Å²) in [4.78, 5) is 25.9. The van der Waals surface area contributed by atoms with Crippen LogP contribution < -0.4 is 0 Å². The van der Waals surface area contributed by atoms with Gasteiger partial charge in [-0.3, -0.25) is 9.59 Å². The van der Waals surface area contributed by atoms with Gasteiger partial charge in [-0.15, -0.1) is 0 Å². The first-order chi connectivity index (χ1) is 23.4. The predicted molar refractivity (Wildman–Crippen MR) is 192 cm³/mol. The molecule has 1 saturated heterocycles. The smallest absolute Gasteiger partial charge is 0.311 e. The van der Waals surface area contributed by atoms with Crippen LogP contribution >= 0.6 is 0 Å². The lowest BCUT2D eigenvalue weighted by molar-refractivity contribution is -0.254. The zero-order valence-electron chi connectivity index (χ0n) is 31.9. The number of rotatable bonds is 9. The Labute approximate surface area is 300 Å². The van der Waals surface area contributed by atoms with Crippen LogP contribution in [0.25, 0.3) is 0 Å². The van der Waals surface area contributed by atoms with E-state index in [-0.39, 0.29) is 54.8 Å². The van der Waals surface area contributed by atoms with E-state index in [1.165, 1.54) is 0 Å². The van der Waals surface area contributed by atoms with E-state index in [9.17, 15) is 30.0 Å². The first-order valence-corrected chi connectivity index (χ1v) is 18.9. The molecule has 50 heavy (non-hydrogen) atoms. The van der Waals surface area contributed by atoms with Crippen LogP contribution in [-0.4, -0.2) is 87.0 Å². The number of Topliss-reactive ketones (excluding diaryl/α,β-unsaturated/α-hetero) is 1. The molecule has 0 aromatic heterocycles. The van der Waals surface area contributed by atoms with E-state index in [1.807, 2.05) is 33.8 Å². The molecular formula is C40H66O10. The first-order valence-electron chi connectivity index (χ1n) is 18.9. The van der Waals surface area contributed by atoms with Gasteiger partial charge in [0.1, 0.15) is 24.1 Å². The molecule has 0 saturated carbocycles. The van der Waals surface area contributed by atoms with Gasteiger partial charge < -0.3 is 39.4 Å². The van der Waals surface area contributed by atoms with Crippen LogP contribution in [0, 0.1) is 29.6 Å². The molecule has 3 heterocycles. The van der Waals surface area contributed by atoms with Gasteiger partial charge in [-0.05, 0) is 87.7 Å². The quantitative estimate of drug-likeness (QED) is 0.167. The zero-order valence-corrected chi connectivity index (χ0v) is 31.9. The predicted octanol–water partition coefficient (Wildman–Crippen LogP) is 5.94. The molecule has 3 aliphatic rings. The standard InChI is InChI=1S/C40H66O10/c1-10-32(41)29(8)36(44)26(5)20-28(7)38-27(6)19-23(2)15-16-31(48-35-21-33(42)37(45)30(9)47-35)14-12-11-13-24(3)39-25(4)17-18-40(46,50-39)22-34(43)49-38/h13,15-17,23,26-31,33,35-39,42,44-46H,10-12,14,18-22H2,1-9H3/b16-15+,24-13-/t23-,26+,27+,28+,29+,30+,31+,33+,35-,36-,37+,38-,39+,40+/m0/s1.